The van der Waals surface area contributed by atoms with E-state index in [9.17, 15) is 26.0 Å². The van der Waals surface area contributed by atoms with Crippen LogP contribution in [0, 0.1) is 11.7 Å². The summed E-state index contributed by atoms with van der Waals surface area (Å²) in [5.74, 6) is -1.04. The Kier molecular flexibility index (Phi) is 6.22. The van der Waals surface area contributed by atoms with E-state index in [2.05, 4.69) is 4.72 Å². The zero-order valence-corrected chi connectivity index (χ0v) is 13.8. The zero-order valence-electron chi connectivity index (χ0n) is 13.0. The molecule has 1 N–H and O–H groups in total. The van der Waals surface area contributed by atoms with Gasteiger partial charge in [0.25, 0.3) is 0 Å². The highest BCUT2D eigenvalue weighted by atomic mass is 32.2. The van der Waals surface area contributed by atoms with Crippen molar-refractivity contribution >= 4 is 10.0 Å². The largest absolute Gasteiger partial charge is 0.401 e. The molecule has 0 bridgehead atoms. The molecule has 1 fully saturated rings. The van der Waals surface area contributed by atoms with Crippen LogP contribution in [0.25, 0.3) is 0 Å². The van der Waals surface area contributed by atoms with Gasteiger partial charge in [0.15, 0.2) is 0 Å². The number of alkyl halides is 3. The number of likely N-dealkylation sites (tertiary alicyclic amines) is 1. The first kappa shape index (κ1) is 19.1. The summed E-state index contributed by atoms with van der Waals surface area (Å²) in [6.07, 6.45) is -3.22. The lowest BCUT2D eigenvalue weighted by atomic mass is 9.97. The smallest absolute Gasteiger partial charge is 0.295 e. The first-order valence-electron chi connectivity index (χ1n) is 7.64. The molecule has 136 valence electrons. The van der Waals surface area contributed by atoms with Crippen molar-refractivity contribution in [3.63, 3.8) is 0 Å². The molecule has 1 aliphatic rings. The van der Waals surface area contributed by atoms with Crippen LogP contribution in [-0.4, -0.2) is 45.7 Å². The fourth-order valence-electron chi connectivity index (χ4n) is 2.72. The molecule has 0 saturated carbocycles. The Labute approximate surface area is 138 Å². The highest BCUT2D eigenvalue weighted by molar-refractivity contribution is 7.88. The lowest BCUT2D eigenvalue weighted by Gasteiger charge is -2.32. The van der Waals surface area contributed by atoms with Gasteiger partial charge in [-0.05, 0) is 37.9 Å². The fourth-order valence-corrected chi connectivity index (χ4v) is 3.95. The predicted molar refractivity (Wildman–Crippen MR) is 82.2 cm³/mol. The molecule has 1 saturated heterocycles. The Morgan fingerprint density at radius 1 is 1.17 bits per heavy atom. The van der Waals surface area contributed by atoms with E-state index in [1.165, 1.54) is 23.1 Å². The minimum absolute atomic E-state index is 0.00937. The molecule has 0 radical (unpaired) electrons. The van der Waals surface area contributed by atoms with Gasteiger partial charge in [0, 0.05) is 12.1 Å². The number of piperidine rings is 1. The lowest BCUT2D eigenvalue weighted by Crippen LogP contribution is -2.42. The van der Waals surface area contributed by atoms with Crippen molar-refractivity contribution in [1.82, 2.24) is 9.62 Å². The standard InChI is InChI=1S/C15H20F4N2O2S/c16-14-4-2-1-3-13(14)10-24(22,23)20-9-12-5-7-21(8-6-12)11-15(17,18)19/h1-4,12,20H,5-11H2. The number of hydrogen-bond donors (Lipinski definition) is 1. The molecule has 0 aromatic heterocycles. The second-order valence-corrected chi connectivity index (χ2v) is 7.84. The lowest BCUT2D eigenvalue weighted by molar-refractivity contribution is -0.148. The molecule has 0 unspecified atom stereocenters. The number of benzene rings is 1. The van der Waals surface area contributed by atoms with E-state index in [0.29, 0.717) is 25.9 Å². The fraction of sp³-hybridized carbons (Fsp3) is 0.600. The maximum absolute atomic E-state index is 13.5. The minimum Gasteiger partial charge on any atom is -0.295 e. The van der Waals surface area contributed by atoms with Crippen molar-refractivity contribution in [3.8, 4) is 0 Å². The molecule has 9 heteroatoms. The van der Waals surface area contributed by atoms with Crippen molar-refractivity contribution in [1.29, 1.82) is 0 Å². The summed E-state index contributed by atoms with van der Waals surface area (Å²) < 4.78 is 76.9. The summed E-state index contributed by atoms with van der Waals surface area (Å²) in [5.41, 5.74) is 0.0880. The molecule has 0 aliphatic carbocycles. The van der Waals surface area contributed by atoms with E-state index in [-0.39, 0.29) is 18.0 Å². The number of nitrogens with one attached hydrogen (secondary N) is 1. The van der Waals surface area contributed by atoms with Crippen molar-refractivity contribution in [2.75, 3.05) is 26.2 Å². The third-order valence-electron chi connectivity index (χ3n) is 4.01. The highest BCUT2D eigenvalue weighted by Crippen LogP contribution is 2.22. The first-order valence-corrected chi connectivity index (χ1v) is 9.30. The molecular formula is C15H20F4N2O2S. The molecule has 1 aromatic carbocycles. The van der Waals surface area contributed by atoms with Crippen LogP contribution < -0.4 is 4.72 Å². The molecule has 2 rings (SSSR count). The van der Waals surface area contributed by atoms with Crippen molar-refractivity contribution in [3.05, 3.63) is 35.6 Å². The van der Waals surface area contributed by atoms with Gasteiger partial charge in [-0.15, -0.1) is 0 Å². The van der Waals surface area contributed by atoms with Crippen LogP contribution in [0.1, 0.15) is 18.4 Å². The van der Waals surface area contributed by atoms with Crippen LogP contribution in [0.5, 0.6) is 0 Å². The second kappa shape index (κ2) is 7.79. The molecule has 24 heavy (non-hydrogen) atoms. The number of sulfonamides is 1. The predicted octanol–water partition coefficient (Wildman–Crippen LogP) is 2.52. The number of nitrogens with zero attached hydrogens (tertiary/aromatic N) is 1. The molecule has 1 aliphatic heterocycles. The Morgan fingerprint density at radius 3 is 2.38 bits per heavy atom. The zero-order chi connectivity index (χ0) is 17.8. The van der Waals surface area contributed by atoms with Gasteiger partial charge in [0.2, 0.25) is 10.0 Å². The van der Waals surface area contributed by atoms with Gasteiger partial charge in [-0.3, -0.25) is 4.90 Å². The highest BCUT2D eigenvalue weighted by Gasteiger charge is 2.32. The van der Waals surface area contributed by atoms with Crippen molar-refractivity contribution in [2.24, 2.45) is 5.92 Å². The molecule has 0 spiro atoms. The third kappa shape index (κ3) is 6.37. The number of hydrogen-bond acceptors (Lipinski definition) is 3. The van der Waals surface area contributed by atoms with Gasteiger partial charge >= 0.3 is 6.18 Å². The first-order chi connectivity index (χ1) is 11.1. The summed E-state index contributed by atoms with van der Waals surface area (Å²) in [4.78, 5) is 1.32. The topological polar surface area (TPSA) is 49.4 Å². The second-order valence-electron chi connectivity index (χ2n) is 6.03. The Balaban J connectivity index is 1.78. The SMILES string of the molecule is O=S(=O)(Cc1ccccc1F)NCC1CCN(CC(F)(F)F)CC1. The van der Waals surface area contributed by atoms with Gasteiger partial charge < -0.3 is 0 Å². The Morgan fingerprint density at radius 2 is 1.79 bits per heavy atom. The van der Waals surface area contributed by atoms with E-state index in [4.69, 9.17) is 0 Å². The van der Waals surface area contributed by atoms with E-state index in [1.807, 2.05) is 0 Å². The van der Waals surface area contributed by atoms with Crippen LogP contribution in [-0.2, 0) is 15.8 Å². The normalized spacial score (nSPS) is 18.0. The van der Waals surface area contributed by atoms with Gasteiger partial charge in [0.05, 0.1) is 12.3 Å². The average Bonchev–Trinajstić information content (AvgIpc) is 2.47. The Hall–Kier alpha value is -1.19. The molecule has 1 aromatic rings. The number of rotatable bonds is 6. The van der Waals surface area contributed by atoms with E-state index in [1.54, 1.807) is 6.07 Å². The molecular weight excluding hydrogens is 348 g/mol. The molecule has 0 amide bonds. The van der Waals surface area contributed by atoms with Crippen LogP contribution >= 0.6 is 0 Å². The van der Waals surface area contributed by atoms with Gasteiger partial charge in [-0.1, -0.05) is 18.2 Å². The van der Waals surface area contributed by atoms with E-state index < -0.39 is 34.3 Å². The van der Waals surface area contributed by atoms with Crippen molar-refractivity contribution < 1.29 is 26.0 Å². The quantitative estimate of drug-likeness (QED) is 0.785. The van der Waals surface area contributed by atoms with Crippen LogP contribution in [0.4, 0.5) is 17.6 Å². The Bertz CT molecular complexity index is 641. The molecule has 4 nitrogen and oxygen atoms in total. The van der Waals surface area contributed by atoms with Gasteiger partial charge in [-0.2, -0.15) is 13.2 Å². The summed E-state index contributed by atoms with van der Waals surface area (Å²) in [5, 5.41) is 0. The van der Waals surface area contributed by atoms with E-state index in [0.717, 1.165) is 0 Å². The summed E-state index contributed by atoms with van der Waals surface area (Å²) >= 11 is 0. The van der Waals surface area contributed by atoms with Crippen molar-refractivity contribution in [2.45, 2.75) is 24.8 Å². The summed E-state index contributed by atoms with van der Waals surface area (Å²) in [7, 11) is -3.68. The molecule has 0 atom stereocenters. The van der Waals surface area contributed by atoms with Gasteiger partial charge in [-0.25, -0.2) is 17.5 Å². The minimum atomic E-state index is -4.21. The molecule has 1 heterocycles. The van der Waals surface area contributed by atoms with Gasteiger partial charge in [0.1, 0.15) is 5.82 Å². The summed E-state index contributed by atoms with van der Waals surface area (Å²) in [6.45, 7) is -0.187. The van der Waals surface area contributed by atoms with E-state index >= 15 is 0 Å². The monoisotopic (exact) mass is 368 g/mol. The third-order valence-corrected chi connectivity index (χ3v) is 5.30. The number of halogens is 4. The average molecular weight is 368 g/mol. The maximum atomic E-state index is 13.5. The maximum Gasteiger partial charge on any atom is 0.401 e. The van der Waals surface area contributed by atoms with Crippen LogP contribution in [0.3, 0.4) is 0 Å². The van der Waals surface area contributed by atoms with Crippen LogP contribution in [0.2, 0.25) is 0 Å². The van der Waals surface area contributed by atoms with Crippen LogP contribution in [0.15, 0.2) is 24.3 Å². The summed E-state index contributed by atoms with van der Waals surface area (Å²) in [6, 6.07) is 5.64.